The van der Waals surface area contributed by atoms with E-state index in [1.165, 1.54) is 6.07 Å². The number of esters is 1. The molecule has 23 heavy (non-hydrogen) atoms. The van der Waals surface area contributed by atoms with Crippen LogP contribution in [-0.2, 0) is 4.74 Å². The summed E-state index contributed by atoms with van der Waals surface area (Å²) in [5.74, 6) is -0.597. The summed E-state index contributed by atoms with van der Waals surface area (Å²) in [5, 5.41) is 1.06. The Balaban J connectivity index is 1.89. The summed E-state index contributed by atoms with van der Waals surface area (Å²) in [4.78, 5) is 27.3. The molecule has 4 nitrogen and oxygen atoms in total. The second kappa shape index (κ2) is 6.26. The van der Waals surface area contributed by atoms with Crippen LogP contribution >= 0.6 is 11.6 Å². The van der Waals surface area contributed by atoms with E-state index < -0.39 is 12.1 Å². The summed E-state index contributed by atoms with van der Waals surface area (Å²) in [6.07, 6.45) is -0.522. The third-order valence-corrected chi connectivity index (χ3v) is 3.93. The van der Waals surface area contributed by atoms with Gasteiger partial charge in [-0.05, 0) is 25.1 Å². The number of aromatic nitrogens is 1. The SMILES string of the molecule is C[C@@H](OC(=O)c1cc(=O)c2ccccc2[nH]1)c1ccccc1Cl. The van der Waals surface area contributed by atoms with E-state index >= 15 is 0 Å². The van der Waals surface area contributed by atoms with Crippen molar-refractivity contribution in [3.8, 4) is 0 Å². The number of rotatable bonds is 3. The zero-order valence-electron chi connectivity index (χ0n) is 12.4. The fourth-order valence-electron chi connectivity index (χ4n) is 2.40. The molecule has 3 rings (SSSR count). The molecule has 0 bridgehead atoms. The van der Waals surface area contributed by atoms with Crippen molar-refractivity contribution in [2.45, 2.75) is 13.0 Å². The van der Waals surface area contributed by atoms with Crippen LogP contribution < -0.4 is 5.43 Å². The Morgan fingerprint density at radius 1 is 1.13 bits per heavy atom. The first-order valence-electron chi connectivity index (χ1n) is 7.14. The molecule has 0 radical (unpaired) electrons. The lowest BCUT2D eigenvalue weighted by Crippen LogP contribution is -2.14. The van der Waals surface area contributed by atoms with Gasteiger partial charge in [-0.1, -0.05) is 41.9 Å². The van der Waals surface area contributed by atoms with Crippen molar-refractivity contribution in [1.29, 1.82) is 0 Å². The molecule has 0 amide bonds. The van der Waals surface area contributed by atoms with Crippen molar-refractivity contribution in [1.82, 2.24) is 4.98 Å². The zero-order valence-corrected chi connectivity index (χ0v) is 13.1. The number of nitrogens with one attached hydrogen (secondary N) is 1. The number of benzene rings is 2. The molecule has 3 aromatic rings. The number of H-pyrrole nitrogens is 1. The van der Waals surface area contributed by atoms with Gasteiger partial charge in [0, 0.05) is 27.6 Å². The van der Waals surface area contributed by atoms with Gasteiger partial charge < -0.3 is 9.72 Å². The second-order valence-electron chi connectivity index (χ2n) is 5.16. The van der Waals surface area contributed by atoms with E-state index in [-0.39, 0.29) is 11.1 Å². The maximum Gasteiger partial charge on any atom is 0.355 e. The minimum absolute atomic E-state index is 0.118. The molecule has 5 heteroatoms. The Bertz CT molecular complexity index is 933. The number of aromatic amines is 1. The van der Waals surface area contributed by atoms with Crippen LogP contribution in [0.15, 0.2) is 59.4 Å². The van der Waals surface area contributed by atoms with Crippen molar-refractivity contribution in [3.05, 3.63) is 81.1 Å². The van der Waals surface area contributed by atoms with Gasteiger partial charge in [0.05, 0.1) is 0 Å². The standard InChI is InChI=1S/C18H14ClNO3/c1-11(12-6-2-4-8-14(12)19)23-18(22)16-10-17(21)13-7-3-5-9-15(13)20-16/h2-11H,1H3,(H,20,21)/t11-/m1/s1. The number of hydrogen-bond acceptors (Lipinski definition) is 3. The molecule has 1 aromatic heterocycles. The molecule has 1 N–H and O–H groups in total. The van der Waals surface area contributed by atoms with Gasteiger partial charge in [0.15, 0.2) is 5.43 Å². The molecule has 0 saturated heterocycles. The molecule has 116 valence electrons. The molecular formula is C18H14ClNO3. The summed E-state index contributed by atoms with van der Waals surface area (Å²) in [6, 6.07) is 15.4. The number of ether oxygens (including phenoxy) is 1. The Morgan fingerprint density at radius 2 is 1.83 bits per heavy atom. The summed E-state index contributed by atoms with van der Waals surface area (Å²) < 4.78 is 5.41. The first-order chi connectivity index (χ1) is 11.1. The number of halogens is 1. The van der Waals surface area contributed by atoms with E-state index in [4.69, 9.17) is 16.3 Å². The summed E-state index contributed by atoms with van der Waals surface area (Å²) in [7, 11) is 0. The van der Waals surface area contributed by atoms with Crippen molar-refractivity contribution in [2.75, 3.05) is 0 Å². The highest BCUT2D eigenvalue weighted by atomic mass is 35.5. The average Bonchev–Trinajstić information content (AvgIpc) is 2.55. The van der Waals surface area contributed by atoms with Gasteiger partial charge in [-0.2, -0.15) is 0 Å². The normalized spacial score (nSPS) is 12.1. The Morgan fingerprint density at radius 3 is 2.61 bits per heavy atom. The third kappa shape index (κ3) is 3.12. The van der Waals surface area contributed by atoms with E-state index in [0.717, 1.165) is 0 Å². The van der Waals surface area contributed by atoms with Crippen molar-refractivity contribution < 1.29 is 9.53 Å². The van der Waals surface area contributed by atoms with Crippen molar-refractivity contribution in [2.24, 2.45) is 0 Å². The van der Waals surface area contributed by atoms with Crippen LogP contribution in [-0.4, -0.2) is 11.0 Å². The highest BCUT2D eigenvalue weighted by Crippen LogP contribution is 2.25. The molecule has 0 aliphatic heterocycles. The Hall–Kier alpha value is -2.59. The molecule has 0 aliphatic carbocycles. The first kappa shape index (κ1) is 15.3. The van der Waals surface area contributed by atoms with E-state index in [2.05, 4.69) is 4.98 Å². The fourth-order valence-corrected chi connectivity index (χ4v) is 2.69. The third-order valence-electron chi connectivity index (χ3n) is 3.58. The Kier molecular flexibility index (Phi) is 4.17. The van der Waals surface area contributed by atoms with Crippen LogP contribution in [0.3, 0.4) is 0 Å². The van der Waals surface area contributed by atoms with E-state index in [1.54, 1.807) is 49.4 Å². The quantitative estimate of drug-likeness (QED) is 0.737. The van der Waals surface area contributed by atoms with Crippen LogP contribution in [0, 0.1) is 0 Å². The van der Waals surface area contributed by atoms with Crippen LogP contribution in [0.2, 0.25) is 5.02 Å². The van der Waals surface area contributed by atoms with Crippen LogP contribution in [0.1, 0.15) is 29.1 Å². The minimum Gasteiger partial charge on any atom is -0.453 e. The second-order valence-corrected chi connectivity index (χ2v) is 5.57. The van der Waals surface area contributed by atoms with Crippen LogP contribution in [0.25, 0.3) is 10.9 Å². The monoisotopic (exact) mass is 327 g/mol. The van der Waals surface area contributed by atoms with Gasteiger partial charge in [-0.3, -0.25) is 4.79 Å². The highest BCUT2D eigenvalue weighted by Gasteiger charge is 2.17. The van der Waals surface area contributed by atoms with Gasteiger partial charge in [0.25, 0.3) is 0 Å². The molecule has 1 heterocycles. The maximum atomic E-state index is 12.3. The minimum atomic E-state index is -0.597. The lowest BCUT2D eigenvalue weighted by Gasteiger charge is -2.15. The van der Waals surface area contributed by atoms with E-state index in [1.807, 2.05) is 6.07 Å². The van der Waals surface area contributed by atoms with Crippen LogP contribution in [0.4, 0.5) is 0 Å². The predicted octanol–water partition coefficient (Wildman–Crippen LogP) is 4.10. The van der Waals surface area contributed by atoms with Gasteiger partial charge in [-0.25, -0.2) is 4.79 Å². The van der Waals surface area contributed by atoms with Gasteiger partial charge >= 0.3 is 5.97 Å². The number of carbonyl (C=O) groups excluding carboxylic acids is 1. The summed E-state index contributed by atoms with van der Waals surface area (Å²) in [6.45, 7) is 1.73. The molecule has 0 spiro atoms. The van der Waals surface area contributed by atoms with E-state index in [9.17, 15) is 9.59 Å². The maximum absolute atomic E-state index is 12.3. The molecule has 0 aliphatic rings. The zero-order chi connectivity index (χ0) is 16.4. The molecule has 1 atom stereocenters. The number of carbonyl (C=O) groups is 1. The van der Waals surface area contributed by atoms with Crippen LogP contribution in [0.5, 0.6) is 0 Å². The largest absolute Gasteiger partial charge is 0.453 e. The number of para-hydroxylation sites is 1. The lowest BCUT2D eigenvalue weighted by molar-refractivity contribution is 0.0331. The topological polar surface area (TPSA) is 59.2 Å². The smallest absolute Gasteiger partial charge is 0.355 e. The summed E-state index contributed by atoms with van der Waals surface area (Å²) in [5.41, 5.74) is 1.20. The average molecular weight is 328 g/mol. The van der Waals surface area contributed by atoms with E-state index in [0.29, 0.717) is 21.5 Å². The molecule has 0 saturated carbocycles. The fraction of sp³-hybridized carbons (Fsp3) is 0.111. The first-order valence-corrected chi connectivity index (χ1v) is 7.51. The highest BCUT2D eigenvalue weighted by molar-refractivity contribution is 6.31. The van der Waals surface area contributed by atoms with Crippen molar-refractivity contribution in [3.63, 3.8) is 0 Å². The van der Waals surface area contributed by atoms with Crippen molar-refractivity contribution >= 4 is 28.5 Å². The molecule has 2 aromatic carbocycles. The predicted molar refractivity (Wildman–Crippen MR) is 89.9 cm³/mol. The molecule has 0 fully saturated rings. The number of fused-ring (bicyclic) bond motifs is 1. The summed E-state index contributed by atoms with van der Waals surface area (Å²) >= 11 is 6.10. The van der Waals surface area contributed by atoms with Gasteiger partial charge in [0.1, 0.15) is 11.8 Å². The lowest BCUT2D eigenvalue weighted by atomic mass is 10.1. The van der Waals surface area contributed by atoms with Gasteiger partial charge in [-0.15, -0.1) is 0 Å². The number of hydrogen-bond donors (Lipinski definition) is 1. The molecule has 0 unspecified atom stereocenters. The molecular weight excluding hydrogens is 314 g/mol. The Labute approximate surface area is 137 Å². The van der Waals surface area contributed by atoms with Gasteiger partial charge in [0.2, 0.25) is 0 Å². The number of pyridine rings is 1.